The van der Waals surface area contributed by atoms with Gasteiger partial charge in [0.2, 0.25) is 5.91 Å². The van der Waals surface area contributed by atoms with Gasteiger partial charge in [-0.2, -0.15) is 0 Å². The summed E-state index contributed by atoms with van der Waals surface area (Å²) in [6.07, 6.45) is 2.35. The minimum absolute atomic E-state index is 0.00316. The van der Waals surface area contributed by atoms with E-state index in [1.807, 2.05) is 6.92 Å². The first-order chi connectivity index (χ1) is 19.7. The monoisotopic (exact) mass is 614 g/mol. The fourth-order valence-corrected chi connectivity index (χ4v) is 7.74. The smallest absolute Gasteiger partial charge is 0.352 e. The number of aromatic nitrogens is 2. The SMILES string of the molecule is Cc1nnc(SCC2=C(C(=O)O)N3C(=O)[C@H](NC(=O)C(c4ccccc4)N(C(N)=O)C(=O)c4ccoc4)[C@@H]3SC2)s1. The maximum absolute atomic E-state index is 13.7. The minimum atomic E-state index is -1.51. The number of carbonyl (C=O) groups is 5. The van der Waals surface area contributed by atoms with Crippen LogP contribution in [-0.4, -0.2) is 77.7 Å². The van der Waals surface area contributed by atoms with E-state index in [2.05, 4.69) is 15.5 Å². The number of nitrogens with one attached hydrogen (secondary N) is 1. The molecule has 41 heavy (non-hydrogen) atoms. The predicted octanol–water partition coefficient (Wildman–Crippen LogP) is 2.23. The number of imide groups is 1. The quantitative estimate of drug-likeness (QED) is 0.237. The average Bonchev–Trinajstić information content (AvgIpc) is 3.64. The number of rotatable bonds is 9. The van der Waals surface area contributed by atoms with Crippen molar-refractivity contribution >= 4 is 64.6 Å². The summed E-state index contributed by atoms with van der Waals surface area (Å²) in [4.78, 5) is 66.5. The molecular weight excluding hydrogens is 593 g/mol. The summed E-state index contributed by atoms with van der Waals surface area (Å²) < 4.78 is 5.63. The summed E-state index contributed by atoms with van der Waals surface area (Å²) in [5.74, 6) is -2.98. The van der Waals surface area contributed by atoms with Gasteiger partial charge in [0, 0.05) is 11.5 Å². The summed E-state index contributed by atoms with van der Waals surface area (Å²) >= 11 is 4.02. The first kappa shape index (κ1) is 28.4. The number of thioether (sulfide) groups is 2. The van der Waals surface area contributed by atoms with Gasteiger partial charge in [-0.15, -0.1) is 22.0 Å². The van der Waals surface area contributed by atoms with Gasteiger partial charge >= 0.3 is 12.0 Å². The van der Waals surface area contributed by atoms with Crippen molar-refractivity contribution in [1.29, 1.82) is 0 Å². The zero-order valence-electron chi connectivity index (χ0n) is 21.3. The van der Waals surface area contributed by atoms with E-state index in [0.29, 0.717) is 26.3 Å². The fourth-order valence-electron chi connectivity index (χ4n) is 4.43. The van der Waals surface area contributed by atoms with Gasteiger partial charge in [-0.1, -0.05) is 53.4 Å². The number of nitrogens with zero attached hydrogens (tertiary/aromatic N) is 4. The summed E-state index contributed by atoms with van der Waals surface area (Å²) in [5.41, 5.74) is 6.25. The van der Waals surface area contributed by atoms with Crippen LogP contribution in [0.2, 0.25) is 0 Å². The Kier molecular flexibility index (Phi) is 8.14. The molecule has 1 unspecified atom stereocenters. The number of nitrogens with two attached hydrogens (primary N) is 1. The van der Waals surface area contributed by atoms with E-state index >= 15 is 0 Å². The van der Waals surface area contributed by atoms with Crippen molar-refractivity contribution in [2.75, 3.05) is 11.5 Å². The maximum atomic E-state index is 13.7. The zero-order chi connectivity index (χ0) is 29.3. The van der Waals surface area contributed by atoms with Gasteiger partial charge in [0.05, 0.1) is 11.8 Å². The molecule has 0 aliphatic carbocycles. The standard InChI is InChI=1S/C25H22N6O7S3/c1-12-28-29-25(41-12)40-11-15-10-39-22-16(21(34)30(22)18(15)23(35)36)27-19(32)17(13-5-3-2-4-6-13)31(24(26)37)20(33)14-7-8-38-9-14/h2-9,16-17,22H,10-11H2,1H3,(H2,26,37)(H,27,32)(H,35,36)/t16-,17?,22-/m0/s1. The topological polar surface area (TPSA) is 189 Å². The van der Waals surface area contributed by atoms with Gasteiger partial charge in [0.1, 0.15) is 34.4 Å². The molecule has 0 radical (unpaired) electrons. The van der Waals surface area contributed by atoms with Crippen LogP contribution in [-0.2, 0) is 14.4 Å². The molecule has 4 N–H and O–H groups in total. The van der Waals surface area contributed by atoms with Crippen LogP contribution in [0.3, 0.4) is 0 Å². The molecule has 0 spiro atoms. The highest BCUT2D eigenvalue weighted by Crippen LogP contribution is 2.42. The third-order valence-electron chi connectivity index (χ3n) is 6.27. The number of urea groups is 1. The maximum Gasteiger partial charge on any atom is 0.352 e. The first-order valence-electron chi connectivity index (χ1n) is 12.0. The van der Waals surface area contributed by atoms with Gasteiger partial charge < -0.3 is 20.6 Å². The summed E-state index contributed by atoms with van der Waals surface area (Å²) in [6, 6.07) is 5.56. The molecule has 0 saturated carbocycles. The third kappa shape index (κ3) is 5.57. The van der Waals surface area contributed by atoms with Crippen molar-refractivity contribution in [3.63, 3.8) is 0 Å². The summed E-state index contributed by atoms with van der Waals surface area (Å²) in [6.45, 7) is 1.82. The lowest BCUT2D eigenvalue weighted by Crippen LogP contribution is -2.71. The number of carbonyl (C=O) groups excluding carboxylic acids is 4. The second kappa shape index (κ2) is 11.8. The van der Waals surface area contributed by atoms with Gasteiger partial charge in [-0.05, 0) is 24.1 Å². The number of aryl methyl sites for hydroxylation is 1. The number of β-lactam (4-membered cyclic amide) rings is 1. The second-order valence-corrected chi connectivity index (χ2v) is 12.4. The number of benzene rings is 1. The highest BCUT2D eigenvalue weighted by atomic mass is 32.2. The number of amides is 5. The molecule has 0 bridgehead atoms. The lowest BCUT2D eigenvalue weighted by atomic mass is 10.00. The van der Waals surface area contributed by atoms with E-state index in [4.69, 9.17) is 10.2 Å². The molecule has 2 aromatic heterocycles. The van der Waals surface area contributed by atoms with E-state index in [0.717, 1.165) is 16.2 Å². The van der Waals surface area contributed by atoms with E-state index in [9.17, 15) is 29.1 Å². The van der Waals surface area contributed by atoms with Crippen LogP contribution in [0.1, 0.15) is 27.0 Å². The van der Waals surface area contributed by atoms with E-state index in [1.54, 1.807) is 30.3 Å². The molecule has 5 rings (SSSR count). The Morgan fingerprint density at radius 2 is 2.00 bits per heavy atom. The Labute approximate surface area is 245 Å². The molecule has 2 aliphatic rings. The van der Waals surface area contributed by atoms with Crippen LogP contribution in [0.5, 0.6) is 0 Å². The molecule has 4 heterocycles. The molecule has 16 heteroatoms. The zero-order valence-corrected chi connectivity index (χ0v) is 23.7. The molecule has 13 nitrogen and oxygen atoms in total. The molecule has 3 atom stereocenters. The van der Waals surface area contributed by atoms with Gasteiger partial charge in [-0.3, -0.25) is 19.3 Å². The van der Waals surface area contributed by atoms with Gasteiger partial charge in [0.15, 0.2) is 4.34 Å². The average molecular weight is 615 g/mol. The lowest BCUT2D eigenvalue weighted by Gasteiger charge is -2.49. The third-order valence-corrected chi connectivity index (χ3v) is 9.67. The Bertz CT molecular complexity index is 1540. The van der Waals surface area contributed by atoms with Crippen molar-refractivity contribution in [3.8, 4) is 0 Å². The van der Waals surface area contributed by atoms with Crippen molar-refractivity contribution in [2.45, 2.75) is 28.7 Å². The molecule has 2 aliphatic heterocycles. The van der Waals surface area contributed by atoms with E-state index in [-0.39, 0.29) is 16.8 Å². The molecular formula is C25H22N6O7S3. The second-order valence-electron chi connectivity index (χ2n) is 8.87. The molecule has 1 saturated heterocycles. The number of fused-ring (bicyclic) bond motifs is 1. The number of primary amides is 1. The van der Waals surface area contributed by atoms with E-state index in [1.165, 1.54) is 47.2 Å². The number of aliphatic carboxylic acids is 1. The first-order valence-corrected chi connectivity index (χ1v) is 14.9. The molecule has 3 aromatic rings. The normalized spacial score (nSPS) is 18.8. The van der Waals surface area contributed by atoms with Crippen molar-refractivity contribution < 1.29 is 33.5 Å². The van der Waals surface area contributed by atoms with Crippen LogP contribution in [0.15, 0.2) is 69.0 Å². The van der Waals surface area contributed by atoms with E-state index < -0.39 is 47.2 Å². The van der Waals surface area contributed by atoms with Crippen LogP contribution in [0.4, 0.5) is 4.79 Å². The Hall–Kier alpha value is -4.15. The molecule has 1 aromatic carbocycles. The van der Waals surface area contributed by atoms with Crippen molar-refractivity contribution in [3.05, 3.63) is 76.3 Å². The Morgan fingerprint density at radius 1 is 1.24 bits per heavy atom. The highest BCUT2D eigenvalue weighted by molar-refractivity contribution is 8.01. The Morgan fingerprint density at radius 3 is 2.61 bits per heavy atom. The molecule has 5 amide bonds. The summed E-state index contributed by atoms with van der Waals surface area (Å²) in [5, 5.41) is 20.6. The van der Waals surface area contributed by atoms with Crippen molar-refractivity contribution in [2.24, 2.45) is 5.73 Å². The van der Waals surface area contributed by atoms with Crippen LogP contribution >= 0.6 is 34.9 Å². The predicted molar refractivity (Wildman–Crippen MR) is 149 cm³/mol. The van der Waals surface area contributed by atoms with Crippen LogP contribution in [0, 0.1) is 6.92 Å². The highest BCUT2D eigenvalue weighted by Gasteiger charge is 2.55. The number of carboxylic acid groups (broad SMARTS) is 1. The largest absolute Gasteiger partial charge is 0.477 e. The molecule has 212 valence electrons. The number of hydrogen-bond donors (Lipinski definition) is 3. The van der Waals surface area contributed by atoms with Crippen molar-refractivity contribution in [1.82, 2.24) is 25.3 Å². The lowest BCUT2D eigenvalue weighted by molar-refractivity contribution is -0.151. The van der Waals surface area contributed by atoms with Gasteiger partial charge in [0.25, 0.3) is 11.8 Å². The molecule has 1 fully saturated rings. The number of furan rings is 1. The number of hydrogen-bond acceptors (Lipinski definition) is 11. The van der Waals surface area contributed by atoms with Gasteiger partial charge in [-0.25, -0.2) is 14.5 Å². The summed E-state index contributed by atoms with van der Waals surface area (Å²) in [7, 11) is 0. The Balaban J connectivity index is 1.38. The number of carboxylic acids is 1. The minimum Gasteiger partial charge on any atom is -0.477 e. The fraction of sp³-hybridized carbons (Fsp3) is 0.240. The van der Waals surface area contributed by atoms with Crippen LogP contribution < -0.4 is 11.1 Å². The van der Waals surface area contributed by atoms with Crippen LogP contribution in [0.25, 0.3) is 0 Å².